The van der Waals surface area contributed by atoms with E-state index in [-0.39, 0.29) is 17.4 Å². The van der Waals surface area contributed by atoms with Crippen molar-refractivity contribution in [2.75, 3.05) is 6.54 Å². The molecule has 7 heteroatoms. The van der Waals surface area contributed by atoms with Crippen LogP contribution in [0.5, 0.6) is 5.75 Å². The lowest BCUT2D eigenvalue weighted by molar-refractivity contribution is -0.122. The van der Waals surface area contributed by atoms with E-state index < -0.39 is 6.61 Å². The molecule has 1 aromatic rings. The summed E-state index contributed by atoms with van der Waals surface area (Å²) in [6, 6.07) is 4.18. The molecule has 23 heavy (non-hydrogen) atoms. The van der Waals surface area contributed by atoms with Gasteiger partial charge in [0.1, 0.15) is 17.3 Å². The van der Waals surface area contributed by atoms with Gasteiger partial charge in [-0.2, -0.15) is 8.78 Å². The number of alkyl halides is 2. The van der Waals surface area contributed by atoms with E-state index in [4.69, 9.17) is 11.6 Å². The summed E-state index contributed by atoms with van der Waals surface area (Å²) < 4.78 is 29.0. The monoisotopic (exact) mass is 340 g/mol. The van der Waals surface area contributed by atoms with Crippen LogP contribution in [0, 0.1) is 0 Å². The number of amides is 1. The molecule has 2 aliphatic rings. The number of carbonyl (C=O) groups is 1. The number of fused-ring (bicyclic) bond motifs is 1. The predicted molar refractivity (Wildman–Crippen MR) is 83.7 cm³/mol. The molecule has 1 amide bonds. The summed E-state index contributed by atoms with van der Waals surface area (Å²) in [6.07, 6.45) is 5.33. The third-order valence-corrected chi connectivity index (χ3v) is 4.14. The highest BCUT2D eigenvalue weighted by molar-refractivity contribution is 6.32. The molecular formula is C16H15ClF2N2O2. The SMILES string of the molecule is O=C1C(=Cc2cc(OC(F)F)ccc2Cl)N=C2CCCCCN12. The average molecular weight is 341 g/mol. The average Bonchev–Trinajstić information content (AvgIpc) is 2.67. The van der Waals surface area contributed by atoms with Crippen LogP contribution < -0.4 is 4.74 Å². The van der Waals surface area contributed by atoms with Crippen molar-refractivity contribution in [1.29, 1.82) is 0 Å². The third kappa shape index (κ3) is 3.52. The first-order valence-corrected chi connectivity index (χ1v) is 7.78. The zero-order chi connectivity index (χ0) is 16.4. The molecule has 1 aromatic carbocycles. The van der Waals surface area contributed by atoms with Crippen molar-refractivity contribution in [3.63, 3.8) is 0 Å². The number of aliphatic imine (C=N–C) groups is 1. The van der Waals surface area contributed by atoms with Gasteiger partial charge in [-0.3, -0.25) is 9.69 Å². The van der Waals surface area contributed by atoms with E-state index in [1.807, 2.05) is 0 Å². The number of rotatable bonds is 3. The fourth-order valence-corrected chi connectivity index (χ4v) is 2.88. The zero-order valence-electron chi connectivity index (χ0n) is 12.3. The van der Waals surface area contributed by atoms with Gasteiger partial charge in [-0.05, 0) is 42.7 Å². The molecule has 0 radical (unpaired) electrons. The highest BCUT2D eigenvalue weighted by Gasteiger charge is 2.30. The van der Waals surface area contributed by atoms with Crippen molar-refractivity contribution in [3.8, 4) is 5.75 Å². The van der Waals surface area contributed by atoms with Crippen molar-refractivity contribution in [3.05, 3.63) is 34.5 Å². The number of nitrogens with zero attached hydrogens (tertiary/aromatic N) is 2. The maximum Gasteiger partial charge on any atom is 0.387 e. The lowest BCUT2D eigenvalue weighted by Gasteiger charge is -2.14. The van der Waals surface area contributed by atoms with Crippen LogP contribution >= 0.6 is 11.6 Å². The largest absolute Gasteiger partial charge is 0.435 e. The predicted octanol–water partition coefficient (Wildman–Crippen LogP) is 4.10. The number of carbonyl (C=O) groups excluding carboxylic acids is 1. The molecule has 3 rings (SSSR count). The van der Waals surface area contributed by atoms with Crippen LogP contribution in [0.1, 0.15) is 31.2 Å². The Labute approximate surface area is 137 Å². The van der Waals surface area contributed by atoms with Crippen LogP contribution in [0.3, 0.4) is 0 Å². The molecule has 2 aliphatic heterocycles. The van der Waals surface area contributed by atoms with Gasteiger partial charge in [-0.25, -0.2) is 4.99 Å². The molecule has 0 N–H and O–H groups in total. The molecule has 122 valence electrons. The van der Waals surface area contributed by atoms with Gasteiger partial charge in [0.2, 0.25) is 0 Å². The zero-order valence-corrected chi connectivity index (χ0v) is 13.0. The summed E-state index contributed by atoms with van der Waals surface area (Å²) in [5.41, 5.74) is 0.702. The highest BCUT2D eigenvalue weighted by Crippen LogP contribution is 2.29. The van der Waals surface area contributed by atoms with E-state index >= 15 is 0 Å². The Kier molecular flexibility index (Phi) is 4.61. The van der Waals surface area contributed by atoms with Gasteiger partial charge >= 0.3 is 6.61 Å². The minimum atomic E-state index is -2.91. The smallest absolute Gasteiger partial charge is 0.387 e. The summed E-state index contributed by atoms with van der Waals surface area (Å²) in [5, 5.41) is 0.342. The van der Waals surface area contributed by atoms with E-state index in [0.717, 1.165) is 31.5 Å². The molecular weight excluding hydrogens is 326 g/mol. The Bertz CT molecular complexity index is 689. The second kappa shape index (κ2) is 6.66. The normalized spacial score (nSPS) is 19.8. The second-order valence-electron chi connectivity index (χ2n) is 5.39. The standard InChI is InChI=1S/C16H15ClF2N2O2/c17-12-6-5-11(23-16(18)19)8-10(12)9-13-15(22)21-7-3-1-2-4-14(21)20-13/h5-6,8-9,16H,1-4,7H2. The Hall–Kier alpha value is -1.95. The summed E-state index contributed by atoms with van der Waals surface area (Å²) >= 11 is 6.08. The first-order valence-electron chi connectivity index (χ1n) is 7.40. The van der Waals surface area contributed by atoms with Crippen molar-refractivity contribution in [2.24, 2.45) is 4.99 Å². The molecule has 0 saturated carbocycles. The summed E-state index contributed by atoms with van der Waals surface area (Å²) in [6.45, 7) is -2.25. The highest BCUT2D eigenvalue weighted by atomic mass is 35.5. The quantitative estimate of drug-likeness (QED) is 0.777. The molecule has 4 nitrogen and oxygen atoms in total. The van der Waals surface area contributed by atoms with Gasteiger partial charge in [0.05, 0.1) is 0 Å². The van der Waals surface area contributed by atoms with Gasteiger partial charge in [0, 0.05) is 18.0 Å². The van der Waals surface area contributed by atoms with Crippen LogP contribution in [0.15, 0.2) is 28.9 Å². The molecule has 0 bridgehead atoms. The molecule has 0 aromatic heterocycles. The molecule has 0 spiro atoms. The van der Waals surface area contributed by atoms with Crippen molar-refractivity contribution in [2.45, 2.75) is 32.3 Å². The fourth-order valence-electron chi connectivity index (χ4n) is 2.70. The molecule has 0 atom stereocenters. The van der Waals surface area contributed by atoms with E-state index in [0.29, 0.717) is 17.1 Å². The number of halogens is 3. The first-order chi connectivity index (χ1) is 11.0. The molecule has 0 aliphatic carbocycles. The molecule has 2 heterocycles. The topological polar surface area (TPSA) is 41.9 Å². The number of ether oxygens (including phenoxy) is 1. The Morgan fingerprint density at radius 2 is 2.13 bits per heavy atom. The van der Waals surface area contributed by atoms with Gasteiger partial charge in [-0.15, -0.1) is 0 Å². The maximum atomic E-state index is 12.4. The summed E-state index contributed by atoms with van der Waals surface area (Å²) in [7, 11) is 0. The number of amidine groups is 1. The minimum Gasteiger partial charge on any atom is -0.435 e. The second-order valence-corrected chi connectivity index (χ2v) is 5.79. The maximum absolute atomic E-state index is 12.4. The van der Waals surface area contributed by atoms with Gasteiger partial charge in [0.25, 0.3) is 5.91 Å². The van der Waals surface area contributed by atoms with Crippen LogP contribution in [0.4, 0.5) is 8.78 Å². The van der Waals surface area contributed by atoms with Crippen molar-refractivity contribution >= 4 is 29.4 Å². The number of hydrogen-bond acceptors (Lipinski definition) is 3. The number of hydrogen-bond donors (Lipinski definition) is 0. The Balaban J connectivity index is 1.91. The van der Waals surface area contributed by atoms with Crippen molar-refractivity contribution < 1.29 is 18.3 Å². The molecule has 1 fully saturated rings. The summed E-state index contributed by atoms with van der Waals surface area (Å²) in [5.74, 6) is 0.594. The third-order valence-electron chi connectivity index (χ3n) is 3.79. The number of benzene rings is 1. The van der Waals surface area contributed by atoms with E-state index in [2.05, 4.69) is 9.73 Å². The first kappa shape index (κ1) is 15.9. The van der Waals surface area contributed by atoms with Crippen molar-refractivity contribution in [1.82, 2.24) is 4.90 Å². The lowest BCUT2D eigenvalue weighted by Crippen LogP contribution is -2.31. The van der Waals surface area contributed by atoms with E-state index in [1.165, 1.54) is 24.3 Å². The van der Waals surface area contributed by atoms with E-state index in [9.17, 15) is 13.6 Å². The van der Waals surface area contributed by atoms with Gasteiger partial charge < -0.3 is 4.74 Å². The van der Waals surface area contributed by atoms with Crippen LogP contribution in [-0.2, 0) is 4.79 Å². The molecule has 0 unspecified atom stereocenters. The minimum absolute atomic E-state index is 0.0103. The van der Waals surface area contributed by atoms with Crippen LogP contribution in [0.2, 0.25) is 5.02 Å². The molecule has 1 saturated heterocycles. The Morgan fingerprint density at radius 1 is 1.30 bits per heavy atom. The summed E-state index contributed by atoms with van der Waals surface area (Å²) in [4.78, 5) is 18.5. The fraction of sp³-hybridized carbons (Fsp3) is 0.375. The van der Waals surface area contributed by atoms with E-state index in [1.54, 1.807) is 4.90 Å². The van der Waals surface area contributed by atoms with Crippen LogP contribution in [0.25, 0.3) is 6.08 Å². The van der Waals surface area contributed by atoms with Crippen LogP contribution in [-0.4, -0.2) is 29.8 Å². The Morgan fingerprint density at radius 3 is 2.91 bits per heavy atom. The lowest BCUT2D eigenvalue weighted by atomic mass is 10.1. The van der Waals surface area contributed by atoms with Gasteiger partial charge in [0.15, 0.2) is 0 Å². The van der Waals surface area contributed by atoms with Gasteiger partial charge in [-0.1, -0.05) is 18.0 Å².